The Balaban J connectivity index is 1.94. The van der Waals surface area contributed by atoms with E-state index in [4.69, 9.17) is 9.47 Å². The van der Waals surface area contributed by atoms with Crippen LogP contribution in [0.4, 0.5) is 4.39 Å². The average molecular weight is 276 g/mol. The van der Waals surface area contributed by atoms with Crippen molar-refractivity contribution in [3.05, 3.63) is 53.6 Å². The molecular weight excluding hydrogens is 259 g/mol. The molecule has 106 valence electrons. The Morgan fingerprint density at radius 3 is 2.45 bits per heavy atom. The predicted octanol–water partition coefficient (Wildman–Crippen LogP) is 2.53. The Bertz CT molecular complexity index is 576. The summed E-state index contributed by atoms with van der Waals surface area (Å²) >= 11 is 0. The number of methoxy groups -OCH3 is 2. The largest absolute Gasteiger partial charge is 0.493 e. The molecule has 0 bridgehead atoms. The third kappa shape index (κ3) is 3.68. The lowest BCUT2D eigenvalue weighted by Gasteiger charge is -2.10. The zero-order chi connectivity index (χ0) is 14.4. The number of rotatable bonds is 6. The first-order valence-electron chi connectivity index (χ1n) is 6.24. The Morgan fingerprint density at radius 2 is 1.75 bits per heavy atom. The molecule has 0 amide bonds. The summed E-state index contributed by atoms with van der Waals surface area (Å²) in [4.78, 5) is 3.81. The molecule has 0 aliphatic heterocycles. The third-order valence-electron chi connectivity index (χ3n) is 2.87. The van der Waals surface area contributed by atoms with Crippen LogP contribution in [-0.4, -0.2) is 19.2 Å². The number of halogens is 1. The van der Waals surface area contributed by atoms with Crippen molar-refractivity contribution in [1.82, 2.24) is 10.3 Å². The monoisotopic (exact) mass is 276 g/mol. The lowest BCUT2D eigenvalue weighted by atomic mass is 10.2. The predicted molar refractivity (Wildman–Crippen MR) is 74.3 cm³/mol. The van der Waals surface area contributed by atoms with Gasteiger partial charge in [0.25, 0.3) is 0 Å². The molecule has 0 spiro atoms. The van der Waals surface area contributed by atoms with Crippen LogP contribution in [0.15, 0.2) is 36.7 Å². The summed E-state index contributed by atoms with van der Waals surface area (Å²) < 4.78 is 23.4. The van der Waals surface area contributed by atoms with Gasteiger partial charge >= 0.3 is 0 Å². The highest BCUT2D eigenvalue weighted by molar-refractivity contribution is 5.42. The van der Waals surface area contributed by atoms with Crippen molar-refractivity contribution in [1.29, 1.82) is 0 Å². The molecule has 2 rings (SSSR count). The summed E-state index contributed by atoms with van der Waals surface area (Å²) in [6, 6.07) is 7.20. The maximum Gasteiger partial charge on any atom is 0.161 e. The van der Waals surface area contributed by atoms with E-state index in [1.54, 1.807) is 20.4 Å². The topological polar surface area (TPSA) is 43.4 Å². The van der Waals surface area contributed by atoms with Crippen LogP contribution in [0.3, 0.4) is 0 Å². The van der Waals surface area contributed by atoms with Crippen molar-refractivity contribution in [3.63, 3.8) is 0 Å². The standard InChI is InChI=1S/C15H17FN2O2/c1-19-14-4-3-11(6-15(14)20-2)7-17-8-12-5-13(16)10-18-9-12/h3-6,9-10,17H,7-8H2,1-2H3. The lowest BCUT2D eigenvalue weighted by Crippen LogP contribution is -2.13. The molecule has 1 aromatic carbocycles. The van der Waals surface area contributed by atoms with E-state index in [1.807, 2.05) is 18.2 Å². The first-order valence-corrected chi connectivity index (χ1v) is 6.24. The molecule has 1 heterocycles. The van der Waals surface area contributed by atoms with E-state index in [2.05, 4.69) is 10.3 Å². The molecule has 0 fully saturated rings. The van der Waals surface area contributed by atoms with E-state index in [0.29, 0.717) is 24.6 Å². The van der Waals surface area contributed by atoms with Crippen LogP contribution < -0.4 is 14.8 Å². The van der Waals surface area contributed by atoms with Crippen LogP contribution in [0, 0.1) is 5.82 Å². The van der Waals surface area contributed by atoms with Crippen LogP contribution in [0.2, 0.25) is 0 Å². The van der Waals surface area contributed by atoms with Crippen LogP contribution >= 0.6 is 0 Å². The van der Waals surface area contributed by atoms with Gasteiger partial charge in [-0.2, -0.15) is 0 Å². The first-order chi connectivity index (χ1) is 9.72. The summed E-state index contributed by atoms with van der Waals surface area (Å²) in [6.07, 6.45) is 2.84. The molecule has 1 aromatic heterocycles. The fourth-order valence-electron chi connectivity index (χ4n) is 1.89. The van der Waals surface area contributed by atoms with Crippen molar-refractivity contribution in [3.8, 4) is 11.5 Å². The van der Waals surface area contributed by atoms with Gasteiger partial charge in [0.1, 0.15) is 5.82 Å². The molecule has 5 heteroatoms. The van der Waals surface area contributed by atoms with Crippen LogP contribution in [0.5, 0.6) is 11.5 Å². The zero-order valence-corrected chi connectivity index (χ0v) is 11.5. The van der Waals surface area contributed by atoms with Crippen molar-refractivity contribution < 1.29 is 13.9 Å². The number of hydrogen-bond donors (Lipinski definition) is 1. The van der Waals surface area contributed by atoms with Gasteiger partial charge in [-0.3, -0.25) is 4.98 Å². The average Bonchev–Trinajstić information content (AvgIpc) is 2.47. The second-order valence-electron chi connectivity index (χ2n) is 4.30. The van der Waals surface area contributed by atoms with Gasteiger partial charge < -0.3 is 14.8 Å². The SMILES string of the molecule is COc1ccc(CNCc2cncc(F)c2)cc1OC. The van der Waals surface area contributed by atoms with Crippen LogP contribution in [-0.2, 0) is 13.1 Å². The summed E-state index contributed by atoms with van der Waals surface area (Å²) in [6.45, 7) is 1.20. The summed E-state index contributed by atoms with van der Waals surface area (Å²) in [5, 5.41) is 3.23. The van der Waals surface area contributed by atoms with Gasteiger partial charge in [-0.1, -0.05) is 6.07 Å². The molecule has 0 saturated heterocycles. The Kier molecular flexibility index (Phi) is 4.90. The third-order valence-corrected chi connectivity index (χ3v) is 2.87. The molecule has 0 radical (unpaired) electrons. The van der Waals surface area contributed by atoms with E-state index in [9.17, 15) is 4.39 Å². The second-order valence-corrected chi connectivity index (χ2v) is 4.30. The van der Waals surface area contributed by atoms with Gasteiger partial charge in [0.15, 0.2) is 11.5 Å². The van der Waals surface area contributed by atoms with Gasteiger partial charge in [-0.05, 0) is 29.3 Å². The molecule has 0 aliphatic rings. The smallest absolute Gasteiger partial charge is 0.161 e. The van der Waals surface area contributed by atoms with Crippen LogP contribution in [0.1, 0.15) is 11.1 Å². The number of nitrogens with zero attached hydrogens (tertiary/aromatic N) is 1. The van der Waals surface area contributed by atoms with E-state index >= 15 is 0 Å². The maximum absolute atomic E-state index is 13.0. The van der Waals surface area contributed by atoms with Gasteiger partial charge in [0.2, 0.25) is 0 Å². The minimum atomic E-state index is -0.324. The lowest BCUT2D eigenvalue weighted by molar-refractivity contribution is 0.354. The molecule has 0 atom stereocenters. The molecule has 1 N–H and O–H groups in total. The normalized spacial score (nSPS) is 10.3. The van der Waals surface area contributed by atoms with E-state index in [0.717, 1.165) is 11.1 Å². The zero-order valence-electron chi connectivity index (χ0n) is 11.5. The molecule has 0 saturated carbocycles. The van der Waals surface area contributed by atoms with E-state index in [1.165, 1.54) is 12.3 Å². The Labute approximate surface area is 117 Å². The van der Waals surface area contributed by atoms with Crippen LogP contribution in [0.25, 0.3) is 0 Å². The molecule has 20 heavy (non-hydrogen) atoms. The highest BCUT2D eigenvalue weighted by Crippen LogP contribution is 2.27. The maximum atomic E-state index is 13.0. The van der Waals surface area contributed by atoms with Crippen molar-refractivity contribution in [2.24, 2.45) is 0 Å². The quantitative estimate of drug-likeness (QED) is 0.880. The second kappa shape index (κ2) is 6.86. The summed E-state index contributed by atoms with van der Waals surface area (Å²) in [7, 11) is 3.21. The molecule has 0 unspecified atom stereocenters. The first kappa shape index (κ1) is 14.3. The number of aromatic nitrogens is 1. The number of hydrogen-bond acceptors (Lipinski definition) is 4. The molecule has 4 nitrogen and oxygen atoms in total. The summed E-state index contributed by atoms with van der Waals surface area (Å²) in [5.41, 5.74) is 1.87. The fourth-order valence-corrected chi connectivity index (χ4v) is 1.89. The molecule has 0 aliphatic carbocycles. The minimum absolute atomic E-state index is 0.324. The van der Waals surface area contributed by atoms with Gasteiger partial charge in [0.05, 0.1) is 20.4 Å². The van der Waals surface area contributed by atoms with Crippen molar-refractivity contribution >= 4 is 0 Å². The number of benzene rings is 1. The highest BCUT2D eigenvalue weighted by Gasteiger charge is 2.04. The molecule has 2 aromatic rings. The van der Waals surface area contributed by atoms with E-state index in [-0.39, 0.29) is 5.82 Å². The van der Waals surface area contributed by atoms with Crippen molar-refractivity contribution in [2.75, 3.05) is 14.2 Å². The number of ether oxygens (including phenoxy) is 2. The summed E-state index contributed by atoms with van der Waals surface area (Å²) in [5.74, 6) is 1.07. The van der Waals surface area contributed by atoms with Crippen molar-refractivity contribution in [2.45, 2.75) is 13.1 Å². The van der Waals surface area contributed by atoms with Gasteiger partial charge in [-0.15, -0.1) is 0 Å². The van der Waals surface area contributed by atoms with Gasteiger partial charge in [-0.25, -0.2) is 4.39 Å². The Morgan fingerprint density at radius 1 is 1.00 bits per heavy atom. The molecular formula is C15H17FN2O2. The Hall–Kier alpha value is -2.14. The highest BCUT2D eigenvalue weighted by atomic mass is 19.1. The fraction of sp³-hybridized carbons (Fsp3) is 0.267. The van der Waals surface area contributed by atoms with E-state index < -0.39 is 0 Å². The number of nitrogens with one attached hydrogen (secondary N) is 1. The van der Waals surface area contributed by atoms with Gasteiger partial charge in [0, 0.05) is 19.3 Å². The number of pyridine rings is 1. The minimum Gasteiger partial charge on any atom is -0.493 e.